The number of aromatic amines is 1. The number of rotatable bonds is 1. The number of hydrogen-bond donors (Lipinski definition) is 4. The molecule has 0 aliphatic carbocycles. The number of fused-ring (bicyclic) bond motifs is 1. The van der Waals surface area contributed by atoms with Crippen molar-refractivity contribution in [1.82, 2.24) is 9.97 Å². The summed E-state index contributed by atoms with van der Waals surface area (Å²) in [6, 6.07) is 1.84. The van der Waals surface area contributed by atoms with Crippen molar-refractivity contribution >= 4 is 60.5 Å². The first-order chi connectivity index (χ1) is 8.49. The van der Waals surface area contributed by atoms with Crippen molar-refractivity contribution in [2.45, 2.75) is 0 Å². The maximum absolute atomic E-state index is 5.60. The SMILES string of the molecule is NC(N)=NC(N)=Nc1c(Br)cc2[nH]cnc2c1Br. The smallest absolute Gasteiger partial charge is 0.223 e. The molecule has 0 spiro atoms. The lowest BCUT2D eigenvalue weighted by molar-refractivity contribution is 1.34. The number of nitrogens with two attached hydrogens (primary N) is 3. The standard InChI is InChI=1S/C9H9Br2N7/c10-3-1-4-7(16-2-15-4)5(11)6(3)17-9(14)18-8(12)13/h1-2H,(H,15,16)(H6,12,13,14,17,18). The number of halogens is 2. The third-order valence-corrected chi connectivity index (χ3v) is 3.41. The molecule has 18 heavy (non-hydrogen) atoms. The van der Waals surface area contributed by atoms with Gasteiger partial charge in [-0.2, -0.15) is 4.99 Å². The van der Waals surface area contributed by atoms with E-state index in [4.69, 9.17) is 17.2 Å². The molecule has 1 aromatic carbocycles. The van der Waals surface area contributed by atoms with E-state index in [0.717, 1.165) is 15.5 Å². The van der Waals surface area contributed by atoms with Gasteiger partial charge < -0.3 is 22.2 Å². The van der Waals surface area contributed by atoms with Crippen molar-refractivity contribution in [2.24, 2.45) is 27.2 Å². The van der Waals surface area contributed by atoms with E-state index in [1.54, 1.807) is 6.33 Å². The first-order valence-corrected chi connectivity index (χ1v) is 6.32. The normalized spacial score (nSPS) is 11.8. The summed E-state index contributed by atoms with van der Waals surface area (Å²) in [5, 5.41) is 0. The Balaban J connectivity index is 2.60. The molecule has 94 valence electrons. The minimum atomic E-state index is -0.149. The maximum atomic E-state index is 5.60. The number of H-pyrrole nitrogens is 1. The summed E-state index contributed by atoms with van der Waals surface area (Å²) in [4.78, 5) is 14.9. The molecule has 0 unspecified atom stereocenters. The summed E-state index contributed by atoms with van der Waals surface area (Å²) in [7, 11) is 0. The number of hydrogen-bond acceptors (Lipinski definition) is 2. The van der Waals surface area contributed by atoms with Crippen LogP contribution in [0.1, 0.15) is 0 Å². The molecule has 2 rings (SSSR count). The van der Waals surface area contributed by atoms with E-state index in [-0.39, 0.29) is 11.9 Å². The Morgan fingerprint density at radius 2 is 2.00 bits per heavy atom. The van der Waals surface area contributed by atoms with E-state index < -0.39 is 0 Å². The molecule has 0 aliphatic heterocycles. The predicted octanol–water partition coefficient (Wildman–Crippen LogP) is 1.31. The second-order valence-electron chi connectivity index (χ2n) is 3.33. The van der Waals surface area contributed by atoms with E-state index in [9.17, 15) is 0 Å². The van der Waals surface area contributed by atoms with Crippen LogP contribution in [0.25, 0.3) is 11.0 Å². The molecule has 0 bridgehead atoms. The van der Waals surface area contributed by atoms with Crippen LogP contribution in [0.2, 0.25) is 0 Å². The molecule has 0 saturated carbocycles. The minimum absolute atomic E-state index is 0.0358. The zero-order valence-corrected chi connectivity index (χ0v) is 12.2. The van der Waals surface area contributed by atoms with Gasteiger partial charge >= 0.3 is 0 Å². The molecule has 0 aliphatic rings. The summed E-state index contributed by atoms with van der Waals surface area (Å²) in [6.07, 6.45) is 1.59. The third-order valence-electron chi connectivity index (χ3n) is 2.05. The van der Waals surface area contributed by atoms with Gasteiger partial charge in [0.2, 0.25) is 5.96 Å². The Morgan fingerprint density at radius 3 is 2.67 bits per heavy atom. The molecule has 0 atom stereocenters. The summed E-state index contributed by atoms with van der Waals surface area (Å²) < 4.78 is 1.43. The van der Waals surface area contributed by atoms with Crippen molar-refractivity contribution in [2.75, 3.05) is 0 Å². The fraction of sp³-hybridized carbons (Fsp3) is 0. The minimum Gasteiger partial charge on any atom is -0.370 e. The highest BCUT2D eigenvalue weighted by molar-refractivity contribution is 9.11. The van der Waals surface area contributed by atoms with E-state index >= 15 is 0 Å². The average molecular weight is 375 g/mol. The van der Waals surface area contributed by atoms with Gasteiger partial charge in [-0.25, -0.2) is 9.98 Å². The second kappa shape index (κ2) is 4.94. The van der Waals surface area contributed by atoms with Crippen molar-refractivity contribution in [3.63, 3.8) is 0 Å². The second-order valence-corrected chi connectivity index (χ2v) is 4.97. The van der Waals surface area contributed by atoms with E-state index in [0.29, 0.717) is 10.2 Å². The molecular formula is C9H9Br2N7. The lowest BCUT2D eigenvalue weighted by atomic mass is 10.3. The fourth-order valence-electron chi connectivity index (χ4n) is 1.38. The molecule has 1 heterocycles. The van der Waals surface area contributed by atoms with Gasteiger partial charge in [0.05, 0.1) is 22.0 Å². The Hall–Kier alpha value is -1.61. The number of guanidine groups is 2. The van der Waals surface area contributed by atoms with Gasteiger partial charge in [-0.3, -0.25) is 0 Å². The van der Waals surface area contributed by atoms with Gasteiger partial charge in [0.15, 0.2) is 5.96 Å². The molecule has 0 saturated heterocycles. The summed E-state index contributed by atoms with van der Waals surface area (Å²) in [5.41, 5.74) is 18.2. The van der Waals surface area contributed by atoms with Crippen LogP contribution in [0.5, 0.6) is 0 Å². The van der Waals surface area contributed by atoms with Crippen LogP contribution in [0.4, 0.5) is 5.69 Å². The van der Waals surface area contributed by atoms with Gasteiger partial charge in [0.1, 0.15) is 5.52 Å². The maximum Gasteiger partial charge on any atom is 0.223 e. The Bertz CT molecular complexity index is 654. The summed E-state index contributed by atoms with van der Waals surface area (Å²) >= 11 is 6.82. The molecule has 7 N–H and O–H groups in total. The van der Waals surface area contributed by atoms with Crippen LogP contribution in [0, 0.1) is 0 Å². The first-order valence-electron chi connectivity index (χ1n) is 4.74. The highest BCUT2D eigenvalue weighted by atomic mass is 79.9. The zero-order chi connectivity index (χ0) is 13.3. The van der Waals surface area contributed by atoms with Crippen LogP contribution in [0.15, 0.2) is 31.3 Å². The number of aliphatic imine (C=N–C) groups is 2. The van der Waals surface area contributed by atoms with Crippen LogP contribution in [-0.4, -0.2) is 21.9 Å². The first kappa shape index (κ1) is 12.8. The lowest BCUT2D eigenvalue weighted by Gasteiger charge is -2.03. The van der Waals surface area contributed by atoms with Crippen molar-refractivity contribution < 1.29 is 0 Å². The van der Waals surface area contributed by atoms with Gasteiger partial charge in [0.25, 0.3) is 0 Å². The topological polar surface area (TPSA) is 131 Å². The third kappa shape index (κ3) is 2.46. The van der Waals surface area contributed by atoms with Crippen LogP contribution in [0.3, 0.4) is 0 Å². The van der Waals surface area contributed by atoms with Crippen LogP contribution in [-0.2, 0) is 0 Å². The molecule has 0 amide bonds. The van der Waals surface area contributed by atoms with E-state index in [1.165, 1.54) is 0 Å². The number of nitrogens with one attached hydrogen (secondary N) is 1. The molecule has 9 heteroatoms. The van der Waals surface area contributed by atoms with Crippen molar-refractivity contribution in [1.29, 1.82) is 0 Å². The highest BCUT2D eigenvalue weighted by Gasteiger charge is 2.11. The number of benzene rings is 1. The molecule has 0 fully saturated rings. The zero-order valence-electron chi connectivity index (χ0n) is 8.98. The van der Waals surface area contributed by atoms with Crippen LogP contribution < -0.4 is 17.2 Å². The number of aromatic nitrogens is 2. The van der Waals surface area contributed by atoms with Crippen LogP contribution >= 0.6 is 31.9 Å². The predicted molar refractivity (Wildman–Crippen MR) is 78.6 cm³/mol. The van der Waals surface area contributed by atoms with Gasteiger partial charge in [-0.15, -0.1) is 0 Å². The largest absolute Gasteiger partial charge is 0.370 e. The Kier molecular flexibility index (Phi) is 3.53. The Morgan fingerprint density at radius 1 is 1.28 bits per heavy atom. The van der Waals surface area contributed by atoms with Gasteiger partial charge in [-0.05, 0) is 37.9 Å². The lowest BCUT2D eigenvalue weighted by Crippen LogP contribution is -2.26. The van der Waals surface area contributed by atoms with Crippen molar-refractivity contribution in [3.05, 3.63) is 21.3 Å². The molecule has 1 aromatic heterocycles. The Labute approximate surface area is 119 Å². The molecular weight excluding hydrogens is 366 g/mol. The van der Waals surface area contributed by atoms with E-state index in [2.05, 4.69) is 51.8 Å². The summed E-state index contributed by atoms with van der Waals surface area (Å²) in [6.45, 7) is 0. The molecule has 0 radical (unpaired) electrons. The molecule has 2 aromatic rings. The number of nitrogens with zero attached hydrogens (tertiary/aromatic N) is 3. The molecule has 7 nitrogen and oxygen atoms in total. The highest BCUT2D eigenvalue weighted by Crippen LogP contribution is 2.38. The van der Waals surface area contributed by atoms with Crippen molar-refractivity contribution in [3.8, 4) is 0 Å². The summed E-state index contributed by atoms with van der Waals surface area (Å²) in [5.74, 6) is -0.185. The van der Waals surface area contributed by atoms with E-state index in [1.807, 2.05) is 6.07 Å². The van der Waals surface area contributed by atoms with Gasteiger partial charge in [0, 0.05) is 4.47 Å². The monoisotopic (exact) mass is 373 g/mol. The average Bonchev–Trinajstić information content (AvgIpc) is 2.71. The fourth-order valence-corrected chi connectivity index (χ4v) is 2.78. The number of imidazole rings is 1. The quantitative estimate of drug-likeness (QED) is 0.442. The van der Waals surface area contributed by atoms with Gasteiger partial charge in [-0.1, -0.05) is 0 Å².